The lowest BCUT2D eigenvalue weighted by Gasteiger charge is -2.51. The van der Waals surface area contributed by atoms with Gasteiger partial charge < -0.3 is 15.6 Å². The van der Waals surface area contributed by atoms with Gasteiger partial charge in [-0.25, -0.2) is 0 Å². The molecule has 19 heavy (non-hydrogen) atoms. The zero-order chi connectivity index (χ0) is 13.9. The summed E-state index contributed by atoms with van der Waals surface area (Å²) in [4.78, 5) is 0. The van der Waals surface area contributed by atoms with E-state index in [0.29, 0.717) is 19.1 Å². The number of rotatable bonds is 3. The molecule has 0 amide bonds. The van der Waals surface area contributed by atoms with E-state index in [9.17, 15) is 5.11 Å². The van der Waals surface area contributed by atoms with E-state index >= 15 is 0 Å². The highest BCUT2D eigenvalue weighted by Gasteiger charge is 2.51. The summed E-state index contributed by atoms with van der Waals surface area (Å²) in [6.45, 7) is 5.66. The van der Waals surface area contributed by atoms with Crippen LogP contribution in [0.3, 0.4) is 0 Å². The van der Waals surface area contributed by atoms with Crippen LogP contribution < -0.4 is 5.73 Å². The molecule has 3 heteroatoms. The van der Waals surface area contributed by atoms with E-state index in [2.05, 4.69) is 13.8 Å². The fourth-order valence-corrected chi connectivity index (χ4v) is 4.05. The molecule has 2 atom stereocenters. The van der Waals surface area contributed by atoms with Crippen molar-refractivity contribution in [3.8, 4) is 0 Å². The van der Waals surface area contributed by atoms with Crippen LogP contribution in [-0.2, 0) is 4.74 Å². The van der Waals surface area contributed by atoms with E-state index in [4.69, 9.17) is 10.5 Å². The largest absolute Gasteiger partial charge is 0.389 e. The summed E-state index contributed by atoms with van der Waals surface area (Å²) in [5.41, 5.74) is 5.46. The Morgan fingerprint density at radius 2 is 1.79 bits per heavy atom. The van der Waals surface area contributed by atoms with Gasteiger partial charge in [0.1, 0.15) is 0 Å². The first-order chi connectivity index (χ1) is 9.03. The van der Waals surface area contributed by atoms with Gasteiger partial charge in [-0.05, 0) is 18.8 Å². The molecule has 2 fully saturated rings. The van der Waals surface area contributed by atoms with Crippen LogP contribution in [0.4, 0.5) is 0 Å². The molecular weight excluding hydrogens is 238 g/mol. The quantitative estimate of drug-likeness (QED) is 0.775. The minimum absolute atomic E-state index is 0.0690. The predicted octanol–water partition coefficient (Wildman–Crippen LogP) is 2.85. The van der Waals surface area contributed by atoms with Crippen molar-refractivity contribution in [3.63, 3.8) is 0 Å². The Hall–Kier alpha value is -0.120. The molecule has 0 aromatic rings. The summed E-state index contributed by atoms with van der Waals surface area (Å²) >= 11 is 0. The maximum absolute atomic E-state index is 11.3. The van der Waals surface area contributed by atoms with Crippen molar-refractivity contribution in [2.75, 3.05) is 13.2 Å². The Morgan fingerprint density at radius 3 is 2.32 bits per heavy atom. The van der Waals surface area contributed by atoms with Crippen LogP contribution in [0.15, 0.2) is 0 Å². The van der Waals surface area contributed by atoms with Gasteiger partial charge in [0.05, 0.1) is 11.7 Å². The summed E-state index contributed by atoms with van der Waals surface area (Å²) in [5, 5.41) is 11.3. The highest BCUT2D eigenvalue weighted by Crippen LogP contribution is 2.49. The lowest BCUT2D eigenvalue weighted by atomic mass is 9.62. The van der Waals surface area contributed by atoms with Crippen LogP contribution in [-0.4, -0.2) is 30.0 Å². The molecule has 0 radical (unpaired) electrons. The summed E-state index contributed by atoms with van der Waals surface area (Å²) in [6, 6.07) is 0. The first-order valence-electron chi connectivity index (χ1n) is 8.07. The van der Waals surface area contributed by atoms with Gasteiger partial charge in [-0.3, -0.25) is 0 Å². The van der Waals surface area contributed by atoms with Crippen LogP contribution in [0.1, 0.15) is 65.2 Å². The molecule has 2 unspecified atom stereocenters. The summed E-state index contributed by atoms with van der Waals surface area (Å²) < 4.78 is 5.85. The average molecular weight is 269 g/mol. The molecule has 112 valence electrons. The molecule has 0 aromatic heterocycles. The maximum Gasteiger partial charge on any atom is 0.0762 e. The summed E-state index contributed by atoms with van der Waals surface area (Å²) in [7, 11) is 0. The van der Waals surface area contributed by atoms with Gasteiger partial charge in [0.2, 0.25) is 0 Å². The van der Waals surface area contributed by atoms with Crippen molar-refractivity contribution in [2.45, 2.75) is 76.9 Å². The molecule has 3 nitrogen and oxygen atoms in total. The fraction of sp³-hybridized carbons (Fsp3) is 1.00. The lowest BCUT2D eigenvalue weighted by Crippen LogP contribution is -2.57. The van der Waals surface area contributed by atoms with Gasteiger partial charge in [-0.15, -0.1) is 0 Å². The van der Waals surface area contributed by atoms with E-state index in [1.54, 1.807) is 0 Å². The first kappa shape index (κ1) is 15.3. The number of nitrogens with two attached hydrogens (primary N) is 1. The predicted molar refractivity (Wildman–Crippen MR) is 78.0 cm³/mol. The summed E-state index contributed by atoms with van der Waals surface area (Å²) in [5.74, 6) is 0.465. The van der Waals surface area contributed by atoms with Crippen LogP contribution in [0.25, 0.3) is 0 Å². The van der Waals surface area contributed by atoms with E-state index in [1.807, 2.05) is 0 Å². The Bertz CT molecular complexity index is 284. The van der Waals surface area contributed by atoms with Gasteiger partial charge in [-0.1, -0.05) is 39.5 Å². The van der Waals surface area contributed by atoms with Gasteiger partial charge in [0.15, 0.2) is 0 Å². The molecule has 1 aliphatic heterocycles. The SMILES string of the molecule is CC(C)C1CC(O)(C2(CN)CCCCCC2)CCO1. The van der Waals surface area contributed by atoms with Gasteiger partial charge in [0, 0.05) is 31.4 Å². The van der Waals surface area contributed by atoms with Crippen molar-refractivity contribution in [1.82, 2.24) is 0 Å². The van der Waals surface area contributed by atoms with Crippen molar-refractivity contribution in [3.05, 3.63) is 0 Å². The van der Waals surface area contributed by atoms with Crippen molar-refractivity contribution >= 4 is 0 Å². The van der Waals surface area contributed by atoms with Crippen molar-refractivity contribution < 1.29 is 9.84 Å². The standard InChI is InChI=1S/C16H31NO2/c1-13(2)14-11-16(18,9-10-19-14)15(12-17)7-5-3-4-6-8-15/h13-14,18H,3-12,17H2,1-2H3. The van der Waals surface area contributed by atoms with E-state index in [0.717, 1.165) is 25.7 Å². The molecule has 2 rings (SSSR count). The van der Waals surface area contributed by atoms with Crippen LogP contribution in [0.2, 0.25) is 0 Å². The third-order valence-corrected chi connectivity index (χ3v) is 5.57. The Balaban J connectivity index is 2.19. The van der Waals surface area contributed by atoms with Crippen LogP contribution in [0, 0.1) is 11.3 Å². The number of aliphatic hydroxyl groups is 1. The van der Waals surface area contributed by atoms with Crippen LogP contribution in [0.5, 0.6) is 0 Å². The fourth-order valence-electron chi connectivity index (χ4n) is 4.05. The second-order valence-corrected chi connectivity index (χ2v) is 7.04. The number of ether oxygens (including phenoxy) is 1. The highest BCUT2D eigenvalue weighted by atomic mass is 16.5. The molecule has 1 heterocycles. The van der Waals surface area contributed by atoms with Crippen LogP contribution >= 0.6 is 0 Å². The molecule has 2 aliphatic rings. The topological polar surface area (TPSA) is 55.5 Å². The van der Waals surface area contributed by atoms with Gasteiger partial charge >= 0.3 is 0 Å². The molecule has 0 spiro atoms. The van der Waals surface area contributed by atoms with E-state index in [-0.39, 0.29) is 11.5 Å². The monoisotopic (exact) mass is 269 g/mol. The molecule has 1 saturated carbocycles. The first-order valence-corrected chi connectivity index (χ1v) is 8.07. The lowest BCUT2D eigenvalue weighted by molar-refractivity contribution is -0.178. The third kappa shape index (κ3) is 2.98. The second kappa shape index (κ2) is 6.11. The maximum atomic E-state index is 11.3. The zero-order valence-corrected chi connectivity index (χ0v) is 12.7. The molecule has 3 N–H and O–H groups in total. The van der Waals surface area contributed by atoms with Crippen molar-refractivity contribution in [1.29, 1.82) is 0 Å². The number of hydrogen-bond donors (Lipinski definition) is 2. The normalized spacial score (nSPS) is 36.2. The average Bonchev–Trinajstić information content (AvgIpc) is 2.65. The molecule has 0 aromatic carbocycles. The highest BCUT2D eigenvalue weighted by molar-refractivity contribution is 5.03. The minimum Gasteiger partial charge on any atom is -0.389 e. The molecule has 1 aliphatic carbocycles. The smallest absolute Gasteiger partial charge is 0.0762 e. The molecule has 0 bridgehead atoms. The Kier molecular flexibility index (Phi) is 4.91. The Labute approximate surface area is 117 Å². The molecular formula is C16H31NO2. The third-order valence-electron chi connectivity index (χ3n) is 5.57. The van der Waals surface area contributed by atoms with Gasteiger partial charge in [0.25, 0.3) is 0 Å². The Morgan fingerprint density at radius 1 is 1.16 bits per heavy atom. The van der Waals surface area contributed by atoms with E-state index < -0.39 is 5.60 Å². The number of hydrogen-bond acceptors (Lipinski definition) is 3. The minimum atomic E-state index is -0.612. The zero-order valence-electron chi connectivity index (χ0n) is 12.7. The van der Waals surface area contributed by atoms with E-state index in [1.165, 1.54) is 25.7 Å². The summed E-state index contributed by atoms with van der Waals surface area (Å²) in [6.07, 6.45) is 8.90. The second-order valence-electron chi connectivity index (χ2n) is 7.04. The van der Waals surface area contributed by atoms with Crippen molar-refractivity contribution in [2.24, 2.45) is 17.1 Å². The molecule has 1 saturated heterocycles. The van der Waals surface area contributed by atoms with Gasteiger partial charge in [-0.2, -0.15) is 0 Å².